The predicted octanol–water partition coefficient (Wildman–Crippen LogP) is 4.28. The molecule has 5 heteroatoms. The zero-order valence-corrected chi connectivity index (χ0v) is 16.3. The highest BCUT2D eigenvalue weighted by molar-refractivity contribution is 5.78. The lowest BCUT2D eigenvalue weighted by atomic mass is 10.0. The zero-order chi connectivity index (χ0) is 19.8. The average Bonchev–Trinajstić information content (AvgIpc) is 2.99. The highest BCUT2D eigenvalue weighted by atomic mass is 16.5. The monoisotopic (exact) mass is 378 g/mol. The third-order valence-corrected chi connectivity index (χ3v) is 5.14. The molecular formula is C23H26N2O3. The number of benzene rings is 2. The Bertz CT molecular complexity index is 809. The van der Waals surface area contributed by atoms with Gasteiger partial charge in [-0.05, 0) is 48.2 Å². The van der Waals surface area contributed by atoms with Crippen LogP contribution in [0, 0.1) is 11.3 Å². The second-order valence-corrected chi connectivity index (χ2v) is 6.99. The fourth-order valence-corrected chi connectivity index (χ4v) is 3.60. The number of methoxy groups -OCH3 is 1. The van der Waals surface area contributed by atoms with Crippen molar-refractivity contribution < 1.29 is 14.3 Å². The molecule has 2 aromatic rings. The molecule has 1 atom stereocenters. The van der Waals surface area contributed by atoms with Crippen LogP contribution in [0.5, 0.6) is 11.5 Å². The molecule has 0 bridgehead atoms. The molecule has 146 valence electrons. The topological polar surface area (TPSA) is 62.6 Å². The van der Waals surface area contributed by atoms with Gasteiger partial charge >= 0.3 is 0 Å². The Morgan fingerprint density at radius 3 is 2.46 bits per heavy atom. The van der Waals surface area contributed by atoms with Crippen molar-refractivity contribution in [1.29, 1.82) is 5.26 Å². The summed E-state index contributed by atoms with van der Waals surface area (Å²) in [6.45, 7) is 0.768. The number of amides is 1. The van der Waals surface area contributed by atoms with E-state index in [2.05, 4.69) is 6.07 Å². The second-order valence-electron chi connectivity index (χ2n) is 6.99. The molecule has 28 heavy (non-hydrogen) atoms. The number of likely N-dealkylation sites (tertiary alicyclic amines) is 1. The lowest BCUT2D eigenvalue weighted by molar-refractivity contribution is -0.135. The fourth-order valence-electron chi connectivity index (χ4n) is 3.60. The van der Waals surface area contributed by atoms with Crippen molar-refractivity contribution in [2.45, 2.75) is 38.1 Å². The van der Waals surface area contributed by atoms with Gasteiger partial charge in [0.25, 0.3) is 5.91 Å². The maximum Gasteiger partial charge on any atom is 0.261 e. The first kappa shape index (κ1) is 19.8. The first-order chi connectivity index (χ1) is 13.7. The van der Waals surface area contributed by atoms with E-state index in [4.69, 9.17) is 14.7 Å². The Morgan fingerprint density at radius 1 is 1.07 bits per heavy atom. The van der Waals surface area contributed by atoms with Gasteiger partial charge in [0.2, 0.25) is 0 Å². The van der Waals surface area contributed by atoms with Crippen LogP contribution in [0.1, 0.15) is 42.9 Å². The van der Waals surface area contributed by atoms with Crippen LogP contribution in [0.25, 0.3) is 0 Å². The summed E-state index contributed by atoms with van der Waals surface area (Å²) < 4.78 is 11.0. The summed E-state index contributed by atoms with van der Waals surface area (Å²) in [4.78, 5) is 14.9. The van der Waals surface area contributed by atoms with E-state index >= 15 is 0 Å². The van der Waals surface area contributed by atoms with Gasteiger partial charge < -0.3 is 14.4 Å². The molecule has 1 amide bonds. The summed E-state index contributed by atoms with van der Waals surface area (Å²) in [7, 11) is 1.65. The number of hydrogen-bond acceptors (Lipinski definition) is 4. The van der Waals surface area contributed by atoms with E-state index in [0.29, 0.717) is 12.2 Å². The molecule has 1 unspecified atom stereocenters. The molecule has 0 aromatic heterocycles. The maximum atomic E-state index is 12.9. The summed E-state index contributed by atoms with van der Waals surface area (Å²) in [6, 6.07) is 17.5. The molecule has 2 aromatic carbocycles. The fraction of sp³-hybridized carbons (Fsp3) is 0.391. The van der Waals surface area contributed by atoms with Gasteiger partial charge in [-0.2, -0.15) is 5.26 Å². The van der Waals surface area contributed by atoms with E-state index in [1.807, 2.05) is 53.4 Å². The Hall–Kier alpha value is -3.00. The molecule has 0 aliphatic carbocycles. The van der Waals surface area contributed by atoms with Gasteiger partial charge in [-0.25, -0.2) is 0 Å². The number of rotatable bonds is 6. The van der Waals surface area contributed by atoms with E-state index in [9.17, 15) is 4.79 Å². The van der Waals surface area contributed by atoms with Gasteiger partial charge in [0, 0.05) is 6.54 Å². The standard InChI is InChI=1S/C23H26N2O3/c1-27-20-12-8-19(9-13-20)22-5-3-2-4-16-25(22)23(26)17-28-21-10-6-18(7-11-21)14-15-24/h6-13,22H,2-5,14,16-17H2,1H3. The second kappa shape index (κ2) is 9.80. The van der Waals surface area contributed by atoms with Crippen LogP contribution in [-0.2, 0) is 11.2 Å². The highest BCUT2D eigenvalue weighted by Gasteiger charge is 2.27. The lowest BCUT2D eigenvalue weighted by Crippen LogP contribution is -2.38. The van der Waals surface area contributed by atoms with Gasteiger partial charge in [0.05, 0.1) is 25.6 Å². The van der Waals surface area contributed by atoms with Crippen molar-refractivity contribution in [3.05, 3.63) is 59.7 Å². The molecule has 1 heterocycles. The van der Waals surface area contributed by atoms with Gasteiger partial charge in [0.1, 0.15) is 11.5 Å². The molecule has 0 N–H and O–H groups in total. The van der Waals surface area contributed by atoms with Crippen LogP contribution >= 0.6 is 0 Å². The zero-order valence-electron chi connectivity index (χ0n) is 16.3. The lowest BCUT2D eigenvalue weighted by Gasteiger charge is -2.30. The average molecular weight is 378 g/mol. The van der Waals surface area contributed by atoms with E-state index in [1.54, 1.807) is 7.11 Å². The van der Waals surface area contributed by atoms with Crippen LogP contribution in [0.4, 0.5) is 0 Å². The Balaban J connectivity index is 1.67. The molecule has 1 saturated heterocycles. The number of nitrogens with zero attached hydrogens (tertiary/aromatic N) is 2. The smallest absolute Gasteiger partial charge is 0.261 e. The molecule has 5 nitrogen and oxygen atoms in total. The van der Waals surface area contributed by atoms with Crippen molar-refractivity contribution in [3.63, 3.8) is 0 Å². The number of carbonyl (C=O) groups excluding carboxylic acids is 1. The Morgan fingerprint density at radius 2 is 1.79 bits per heavy atom. The molecule has 1 aliphatic rings. The van der Waals surface area contributed by atoms with E-state index in [1.165, 1.54) is 0 Å². The van der Waals surface area contributed by atoms with Crippen molar-refractivity contribution >= 4 is 5.91 Å². The van der Waals surface area contributed by atoms with Gasteiger partial charge in [-0.1, -0.05) is 37.1 Å². The third-order valence-electron chi connectivity index (χ3n) is 5.14. The summed E-state index contributed by atoms with van der Waals surface area (Å²) in [5.41, 5.74) is 2.07. The summed E-state index contributed by atoms with van der Waals surface area (Å²) >= 11 is 0. The maximum absolute atomic E-state index is 12.9. The van der Waals surface area contributed by atoms with E-state index in [0.717, 1.165) is 49.1 Å². The summed E-state index contributed by atoms with van der Waals surface area (Å²) in [5.74, 6) is 1.47. The predicted molar refractivity (Wildman–Crippen MR) is 107 cm³/mol. The van der Waals surface area contributed by atoms with Crippen molar-refractivity contribution in [2.75, 3.05) is 20.3 Å². The van der Waals surface area contributed by atoms with Crippen molar-refractivity contribution in [2.24, 2.45) is 0 Å². The van der Waals surface area contributed by atoms with Gasteiger partial charge in [0.15, 0.2) is 6.61 Å². The number of nitriles is 1. The first-order valence-corrected chi connectivity index (χ1v) is 9.73. The third kappa shape index (κ3) is 5.04. The molecule has 0 saturated carbocycles. The quantitative estimate of drug-likeness (QED) is 0.752. The van der Waals surface area contributed by atoms with Gasteiger partial charge in [-0.15, -0.1) is 0 Å². The molecule has 1 fully saturated rings. The molecule has 1 aliphatic heterocycles. The molecule has 3 rings (SSSR count). The molecule has 0 spiro atoms. The summed E-state index contributed by atoms with van der Waals surface area (Å²) in [5, 5.41) is 8.74. The van der Waals surface area contributed by atoms with Crippen LogP contribution in [0.2, 0.25) is 0 Å². The van der Waals surface area contributed by atoms with Crippen molar-refractivity contribution in [1.82, 2.24) is 4.90 Å². The Labute approximate surface area is 166 Å². The van der Waals surface area contributed by atoms with Gasteiger partial charge in [-0.3, -0.25) is 4.79 Å². The van der Waals surface area contributed by atoms with E-state index in [-0.39, 0.29) is 18.6 Å². The van der Waals surface area contributed by atoms with Crippen LogP contribution in [-0.4, -0.2) is 31.1 Å². The van der Waals surface area contributed by atoms with Crippen LogP contribution < -0.4 is 9.47 Å². The minimum atomic E-state index is 0.00354. The van der Waals surface area contributed by atoms with Crippen LogP contribution in [0.3, 0.4) is 0 Å². The normalized spacial score (nSPS) is 16.7. The van der Waals surface area contributed by atoms with Crippen molar-refractivity contribution in [3.8, 4) is 17.6 Å². The minimum Gasteiger partial charge on any atom is -0.497 e. The number of carbonyl (C=O) groups is 1. The highest BCUT2D eigenvalue weighted by Crippen LogP contribution is 2.31. The number of ether oxygens (including phenoxy) is 2. The summed E-state index contributed by atoms with van der Waals surface area (Å²) in [6.07, 6.45) is 4.60. The minimum absolute atomic E-state index is 0.00354. The first-order valence-electron chi connectivity index (χ1n) is 9.73. The van der Waals surface area contributed by atoms with Crippen LogP contribution in [0.15, 0.2) is 48.5 Å². The molecular weight excluding hydrogens is 352 g/mol. The van der Waals surface area contributed by atoms with E-state index < -0.39 is 0 Å². The largest absolute Gasteiger partial charge is 0.497 e. The number of hydrogen-bond donors (Lipinski definition) is 0. The Kier molecular flexibility index (Phi) is 6.91. The SMILES string of the molecule is COc1ccc(C2CCCCCN2C(=O)COc2ccc(CC#N)cc2)cc1. The molecule has 0 radical (unpaired) electrons.